The van der Waals surface area contributed by atoms with E-state index in [2.05, 4.69) is 50.4 Å². The summed E-state index contributed by atoms with van der Waals surface area (Å²) in [6, 6.07) is 8.81. The van der Waals surface area contributed by atoms with Gasteiger partial charge in [-0.05, 0) is 56.2 Å². The summed E-state index contributed by atoms with van der Waals surface area (Å²) in [5, 5.41) is 3.82. The van der Waals surface area contributed by atoms with Crippen molar-refractivity contribution in [2.75, 3.05) is 6.54 Å². The Labute approximate surface area is 112 Å². The predicted octanol–water partition coefficient (Wildman–Crippen LogP) is 4.10. The predicted molar refractivity (Wildman–Crippen MR) is 78.9 cm³/mol. The van der Waals surface area contributed by atoms with Gasteiger partial charge in [0, 0.05) is 5.54 Å². The molecule has 1 aliphatic rings. The Balaban J connectivity index is 2.04. The molecule has 1 aliphatic heterocycles. The average Bonchev–Trinajstić information content (AvgIpc) is 2.39. The summed E-state index contributed by atoms with van der Waals surface area (Å²) in [6.07, 6.45) is 6.56. The molecule has 18 heavy (non-hydrogen) atoms. The Hall–Kier alpha value is -0.820. The highest BCUT2D eigenvalue weighted by atomic mass is 15.0. The zero-order valence-corrected chi connectivity index (χ0v) is 12.1. The molecule has 1 heteroatoms. The lowest BCUT2D eigenvalue weighted by Gasteiger charge is -2.42. The minimum absolute atomic E-state index is 0.376. The van der Waals surface area contributed by atoms with Crippen molar-refractivity contribution < 1.29 is 0 Å². The van der Waals surface area contributed by atoms with Gasteiger partial charge in [-0.25, -0.2) is 0 Å². The standard InChI is InChI=1S/C17H27N/c1-14(2)17(11-6-7-13-18-17)12-10-16-9-5-4-8-15(16)3/h4-5,8-9,14,18H,6-7,10-13H2,1-3H3. The number of piperidine rings is 1. The average molecular weight is 245 g/mol. The number of benzene rings is 1. The lowest BCUT2D eigenvalue weighted by molar-refractivity contribution is 0.170. The first-order valence-electron chi connectivity index (χ1n) is 7.43. The quantitative estimate of drug-likeness (QED) is 0.842. The topological polar surface area (TPSA) is 12.0 Å². The Morgan fingerprint density at radius 2 is 2.00 bits per heavy atom. The van der Waals surface area contributed by atoms with Crippen LogP contribution in [0.1, 0.15) is 50.7 Å². The van der Waals surface area contributed by atoms with Crippen molar-refractivity contribution in [2.24, 2.45) is 5.92 Å². The molecule has 1 N–H and O–H groups in total. The third-order valence-corrected chi connectivity index (χ3v) is 4.73. The summed E-state index contributed by atoms with van der Waals surface area (Å²) in [5.41, 5.74) is 3.33. The van der Waals surface area contributed by atoms with E-state index in [-0.39, 0.29) is 0 Å². The van der Waals surface area contributed by atoms with Crippen LogP contribution in [0.25, 0.3) is 0 Å². The molecule has 1 unspecified atom stereocenters. The summed E-state index contributed by atoms with van der Waals surface area (Å²) < 4.78 is 0. The normalized spacial score (nSPS) is 24.4. The molecular formula is C17H27N. The second-order valence-corrected chi connectivity index (χ2v) is 6.12. The van der Waals surface area contributed by atoms with Crippen molar-refractivity contribution in [1.82, 2.24) is 5.32 Å². The van der Waals surface area contributed by atoms with Gasteiger partial charge in [-0.2, -0.15) is 0 Å². The highest BCUT2D eigenvalue weighted by Gasteiger charge is 2.34. The maximum atomic E-state index is 3.82. The fraction of sp³-hybridized carbons (Fsp3) is 0.647. The van der Waals surface area contributed by atoms with E-state index in [1.54, 1.807) is 0 Å². The van der Waals surface area contributed by atoms with Crippen LogP contribution in [0, 0.1) is 12.8 Å². The third kappa shape index (κ3) is 2.95. The Morgan fingerprint density at radius 3 is 2.61 bits per heavy atom. The molecule has 1 aromatic rings. The summed E-state index contributed by atoms with van der Waals surface area (Å²) in [5.74, 6) is 0.724. The molecule has 1 saturated heterocycles. The first kappa shape index (κ1) is 13.6. The van der Waals surface area contributed by atoms with Gasteiger partial charge in [-0.1, -0.05) is 44.5 Å². The SMILES string of the molecule is Cc1ccccc1CCC1(C(C)C)CCCCN1. The van der Waals surface area contributed by atoms with Gasteiger partial charge in [0.15, 0.2) is 0 Å². The maximum absolute atomic E-state index is 3.82. The van der Waals surface area contributed by atoms with Crippen molar-refractivity contribution in [1.29, 1.82) is 0 Å². The van der Waals surface area contributed by atoms with E-state index in [4.69, 9.17) is 0 Å². The van der Waals surface area contributed by atoms with Crippen molar-refractivity contribution in [3.8, 4) is 0 Å². The maximum Gasteiger partial charge on any atom is 0.0207 e. The molecule has 1 atom stereocenters. The van der Waals surface area contributed by atoms with Crippen LogP contribution in [-0.2, 0) is 6.42 Å². The molecule has 0 saturated carbocycles. The fourth-order valence-corrected chi connectivity index (χ4v) is 3.23. The molecule has 100 valence electrons. The summed E-state index contributed by atoms with van der Waals surface area (Å²) in [7, 11) is 0. The minimum Gasteiger partial charge on any atom is -0.311 e. The summed E-state index contributed by atoms with van der Waals surface area (Å²) in [6.45, 7) is 8.17. The lowest BCUT2D eigenvalue weighted by Crippen LogP contribution is -2.52. The lowest BCUT2D eigenvalue weighted by atomic mass is 9.75. The summed E-state index contributed by atoms with van der Waals surface area (Å²) in [4.78, 5) is 0. The molecular weight excluding hydrogens is 218 g/mol. The number of hydrogen-bond donors (Lipinski definition) is 1. The van der Waals surface area contributed by atoms with Crippen LogP contribution in [-0.4, -0.2) is 12.1 Å². The molecule has 0 aromatic heterocycles. The van der Waals surface area contributed by atoms with E-state index in [0.717, 1.165) is 5.92 Å². The van der Waals surface area contributed by atoms with E-state index in [0.29, 0.717) is 5.54 Å². The fourth-order valence-electron chi connectivity index (χ4n) is 3.23. The van der Waals surface area contributed by atoms with Gasteiger partial charge in [-0.3, -0.25) is 0 Å². The van der Waals surface area contributed by atoms with Crippen molar-refractivity contribution in [2.45, 2.75) is 58.4 Å². The van der Waals surface area contributed by atoms with Gasteiger partial charge in [-0.15, -0.1) is 0 Å². The smallest absolute Gasteiger partial charge is 0.0207 e. The van der Waals surface area contributed by atoms with Gasteiger partial charge in [0.2, 0.25) is 0 Å². The first-order valence-corrected chi connectivity index (χ1v) is 7.43. The summed E-state index contributed by atoms with van der Waals surface area (Å²) >= 11 is 0. The van der Waals surface area contributed by atoms with Crippen molar-refractivity contribution in [3.05, 3.63) is 35.4 Å². The van der Waals surface area contributed by atoms with E-state index in [1.807, 2.05) is 0 Å². The molecule has 0 radical (unpaired) electrons. The molecule has 1 fully saturated rings. The molecule has 0 spiro atoms. The molecule has 0 bridgehead atoms. The zero-order valence-electron chi connectivity index (χ0n) is 12.1. The van der Waals surface area contributed by atoms with Crippen molar-refractivity contribution in [3.63, 3.8) is 0 Å². The highest BCUT2D eigenvalue weighted by Crippen LogP contribution is 2.32. The van der Waals surface area contributed by atoms with Crippen LogP contribution in [0.2, 0.25) is 0 Å². The van der Waals surface area contributed by atoms with Crippen LogP contribution in [0.15, 0.2) is 24.3 Å². The van der Waals surface area contributed by atoms with Crippen LogP contribution in [0.4, 0.5) is 0 Å². The van der Waals surface area contributed by atoms with Gasteiger partial charge >= 0.3 is 0 Å². The number of nitrogens with one attached hydrogen (secondary N) is 1. The molecule has 0 amide bonds. The van der Waals surface area contributed by atoms with E-state index in [9.17, 15) is 0 Å². The van der Waals surface area contributed by atoms with Gasteiger partial charge < -0.3 is 5.32 Å². The van der Waals surface area contributed by atoms with E-state index < -0.39 is 0 Å². The zero-order chi connectivity index (χ0) is 13.0. The number of hydrogen-bond acceptors (Lipinski definition) is 1. The van der Waals surface area contributed by atoms with Crippen LogP contribution in [0.3, 0.4) is 0 Å². The number of aryl methyl sites for hydroxylation is 2. The van der Waals surface area contributed by atoms with Gasteiger partial charge in [0.05, 0.1) is 0 Å². The molecule has 1 heterocycles. The van der Waals surface area contributed by atoms with Gasteiger partial charge in [0.1, 0.15) is 0 Å². The van der Waals surface area contributed by atoms with Crippen LogP contribution in [0.5, 0.6) is 0 Å². The first-order chi connectivity index (χ1) is 8.64. The Bertz CT molecular complexity index is 375. The number of rotatable bonds is 4. The van der Waals surface area contributed by atoms with Gasteiger partial charge in [0.25, 0.3) is 0 Å². The Morgan fingerprint density at radius 1 is 1.22 bits per heavy atom. The van der Waals surface area contributed by atoms with Crippen molar-refractivity contribution >= 4 is 0 Å². The Kier molecular flexibility index (Phi) is 4.45. The highest BCUT2D eigenvalue weighted by molar-refractivity contribution is 5.26. The monoisotopic (exact) mass is 245 g/mol. The molecule has 1 aromatic carbocycles. The van der Waals surface area contributed by atoms with Crippen LogP contribution >= 0.6 is 0 Å². The van der Waals surface area contributed by atoms with E-state index in [1.165, 1.54) is 49.8 Å². The third-order valence-electron chi connectivity index (χ3n) is 4.73. The second kappa shape index (κ2) is 5.88. The van der Waals surface area contributed by atoms with E-state index >= 15 is 0 Å². The van der Waals surface area contributed by atoms with Crippen LogP contribution < -0.4 is 5.32 Å². The second-order valence-electron chi connectivity index (χ2n) is 6.12. The molecule has 0 aliphatic carbocycles. The molecule has 1 nitrogen and oxygen atoms in total. The largest absolute Gasteiger partial charge is 0.311 e. The minimum atomic E-state index is 0.376. The molecule has 2 rings (SSSR count).